The molecule has 1 aliphatic heterocycles. The molecule has 3 atom stereocenters. The lowest BCUT2D eigenvalue weighted by Gasteiger charge is -2.27. The zero-order valence-corrected chi connectivity index (χ0v) is 13.4. The summed E-state index contributed by atoms with van der Waals surface area (Å²) in [5, 5.41) is 0. The number of hydrogen-bond donors (Lipinski definition) is 1. The summed E-state index contributed by atoms with van der Waals surface area (Å²) in [4.78, 5) is 14.7. The van der Waals surface area contributed by atoms with Gasteiger partial charge in [0.2, 0.25) is 0 Å². The van der Waals surface area contributed by atoms with Crippen molar-refractivity contribution < 1.29 is 4.79 Å². The molecule has 2 aliphatic rings. The van der Waals surface area contributed by atoms with E-state index in [1.165, 1.54) is 6.42 Å². The van der Waals surface area contributed by atoms with E-state index >= 15 is 0 Å². The molecule has 108 valence electrons. The minimum atomic E-state index is 0.164. The molecule has 3 rings (SSSR count). The molecular formula is C16H21BrN2O. The van der Waals surface area contributed by atoms with Crippen molar-refractivity contribution in [2.75, 3.05) is 13.1 Å². The highest BCUT2D eigenvalue weighted by atomic mass is 79.9. The van der Waals surface area contributed by atoms with Crippen LogP contribution in [-0.2, 0) is 0 Å². The van der Waals surface area contributed by atoms with E-state index in [0.29, 0.717) is 17.9 Å². The van der Waals surface area contributed by atoms with Gasteiger partial charge in [-0.1, -0.05) is 15.9 Å². The van der Waals surface area contributed by atoms with Gasteiger partial charge in [0.1, 0.15) is 0 Å². The molecule has 0 bridgehead atoms. The van der Waals surface area contributed by atoms with Crippen molar-refractivity contribution in [1.29, 1.82) is 0 Å². The molecule has 1 saturated heterocycles. The Kier molecular flexibility index (Phi) is 3.87. The van der Waals surface area contributed by atoms with Gasteiger partial charge in [0.25, 0.3) is 5.91 Å². The maximum absolute atomic E-state index is 12.7. The molecule has 3 nitrogen and oxygen atoms in total. The van der Waals surface area contributed by atoms with E-state index in [9.17, 15) is 4.79 Å². The van der Waals surface area contributed by atoms with Crippen LogP contribution in [0.1, 0.15) is 35.2 Å². The maximum atomic E-state index is 12.7. The number of fused-ring (bicyclic) bond motifs is 1. The van der Waals surface area contributed by atoms with Gasteiger partial charge in [-0.05, 0) is 61.8 Å². The van der Waals surface area contributed by atoms with Crippen LogP contribution in [0.4, 0.5) is 0 Å². The molecule has 1 aliphatic carbocycles. The summed E-state index contributed by atoms with van der Waals surface area (Å²) in [6, 6.07) is 6.25. The number of hydrogen-bond acceptors (Lipinski definition) is 2. The van der Waals surface area contributed by atoms with Gasteiger partial charge in [0.05, 0.1) is 0 Å². The van der Waals surface area contributed by atoms with E-state index in [1.807, 2.05) is 30.0 Å². The second-order valence-corrected chi connectivity index (χ2v) is 7.24. The summed E-state index contributed by atoms with van der Waals surface area (Å²) in [7, 11) is 0. The Bertz CT molecular complexity index is 511. The molecule has 2 fully saturated rings. The molecule has 1 aromatic carbocycles. The number of carbonyl (C=O) groups is 1. The highest BCUT2D eigenvalue weighted by Crippen LogP contribution is 2.36. The first-order valence-electron chi connectivity index (χ1n) is 7.35. The Morgan fingerprint density at radius 2 is 2.00 bits per heavy atom. The summed E-state index contributed by atoms with van der Waals surface area (Å²) in [5.41, 5.74) is 7.96. The standard InChI is InChI=1S/C16H21BrN2O/c1-10-4-12(6-14(17)5-10)16(20)19-8-11-2-3-15(18)7-13(11)9-19/h4-6,11,13,15H,2-3,7-9,18H2,1H3/t11-,13+,15?/m1/s1. The largest absolute Gasteiger partial charge is 0.338 e. The number of nitrogens with zero attached hydrogens (tertiary/aromatic N) is 1. The maximum Gasteiger partial charge on any atom is 0.253 e. The zero-order valence-electron chi connectivity index (χ0n) is 11.8. The van der Waals surface area contributed by atoms with Crippen molar-refractivity contribution in [2.24, 2.45) is 17.6 Å². The average Bonchev–Trinajstić information content (AvgIpc) is 2.79. The number of likely N-dealkylation sites (tertiary alicyclic amines) is 1. The lowest BCUT2D eigenvalue weighted by Crippen LogP contribution is -2.32. The van der Waals surface area contributed by atoms with E-state index < -0.39 is 0 Å². The normalized spacial score (nSPS) is 29.4. The predicted octanol–water partition coefficient (Wildman–Crippen LogP) is 2.96. The van der Waals surface area contributed by atoms with Crippen LogP contribution in [-0.4, -0.2) is 29.9 Å². The lowest BCUT2D eigenvalue weighted by molar-refractivity contribution is 0.0783. The van der Waals surface area contributed by atoms with Gasteiger partial charge in [-0.2, -0.15) is 0 Å². The quantitative estimate of drug-likeness (QED) is 0.856. The van der Waals surface area contributed by atoms with Gasteiger partial charge in [-0.25, -0.2) is 0 Å². The lowest BCUT2D eigenvalue weighted by atomic mass is 9.79. The molecule has 4 heteroatoms. The Labute approximate surface area is 128 Å². The fraction of sp³-hybridized carbons (Fsp3) is 0.562. The second kappa shape index (κ2) is 5.49. The topological polar surface area (TPSA) is 46.3 Å². The van der Waals surface area contributed by atoms with E-state index in [-0.39, 0.29) is 5.91 Å². The third-order valence-corrected chi connectivity index (χ3v) is 5.12. The summed E-state index contributed by atoms with van der Waals surface area (Å²) < 4.78 is 0.972. The molecule has 0 radical (unpaired) electrons. The third kappa shape index (κ3) is 2.77. The summed E-state index contributed by atoms with van der Waals surface area (Å²) in [5.74, 6) is 1.43. The van der Waals surface area contributed by atoms with Crippen molar-refractivity contribution in [3.8, 4) is 0 Å². The highest BCUT2D eigenvalue weighted by Gasteiger charge is 2.38. The molecule has 0 aromatic heterocycles. The average molecular weight is 337 g/mol. The van der Waals surface area contributed by atoms with E-state index in [1.54, 1.807) is 0 Å². The van der Waals surface area contributed by atoms with Crippen LogP contribution in [0.5, 0.6) is 0 Å². The first kappa shape index (κ1) is 14.1. The Hall–Kier alpha value is -0.870. The van der Waals surface area contributed by atoms with Gasteiger partial charge in [-0.15, -0.1) is 0 Å². The fourth-order valence-electron chi connectivity index (χ4n) is 3.68. The van der Waals surface area contributed by atoms with Crippen LogP contribution < -0.4 is 5.73 Å². The smallest absolute Gasteiger partial charge is 0.253 e. The van der Waals surface area contributed by atoms with Crippen molar-refractivity contribution in [2.45, 2.75) is 32.2 Å². The van der Waals surface area contributed by atoms with Crippen molar-refractivity contribution in [3.63, 3.8) is 0 Å². The zero-order chi connectivity index (χ0) is 14.3. The van der Waals surface area contributed by atoms with Crippen molar-refractivity contribution in [3.05, 3.63) is 33.8 Å². The number of amides is 1. The highest BCUT2D eigenvalue weighted by molar-refractivity contribution is 9.10. The molecule has 1 unspecified atom stereocenters. The van der Waals surface area contributed by atoms with E-state index in [2.05, 4.69) is 15.9 Å². The first-order chi connectivity index (χ1) is 9.52. The Morgan fingerprint density at radius 3 is 2.75 bits per heavy atom. The monoisotopic (exact) mass is 336 g/mol. The van der Waals surface area contributed by atoms with Crippen LogP contribution >= 0.6 is 15.9 Å². The molecular weight excluding hydrogens is 316 g/mol. The van der Waals surface area contributed by atoms with Gasteiger partial charge >= 0.3 is 0 Å². The van der Waals surface area contributed by atoms with Crippen molar-refractivity contribution >= 4 is 21.8 Å². The number of halogens is 1. The molecule has 0 spiro atoms. The number of rotatable bonds is 1. The number of nitrogens with two attached hydrogens (primary N) is 1. The molecule has 2 N–H and O–H groups in total. The van der Waals surface area contributed by atoms with Gasteiger partial charge in [-0.3, -0.25) is 4.79 Å². The van der Waals surface area contributed by atoms with Crippen molar-refractivity contribution in [1.82, 2.24) is 4.90 Å². The minimum Gasteiger partial charge on any atom is -0.338 e. The molecule has 1 aromatic rings. The molecule has 1 saturated carbocycles. The van der Waals surface area contributed by atoms with E-state index in [4.69, 9.17) is 5.73 Å². The number of carbonyl (C=O) groups excluding carboxylic acids is 1. The minimum absolute atomic E-state index is 0.164. The van der Waals surface area contributed by atoms with Gasteiger partial charge in [0.15, 0.2) is 0 Å². The molecule has 20 heavy (non-hydrogen) atoms. The second-order valence-electron chi connectivity index (χ2n) is 6.32. The van der Waals surface area contributed by atoms with Gasteiger partial charge < -0.3 is 10.6 Å². The summed E-state index contributed by atoms with van der Waals surface area (Å²) >= 11 is 3.47. The van der Waals surface area contributed by atoms with E-state index in [0.717, 1.165) is 41.5 Å². The van der Waals surface area contributed by atoms with Gasteiger partial charge in [0, 0.05) is 29.2 Å². The van der Waals surface area contributed by atoms with Crippen LogP contribution in [0.15, 0.2) is 22.7 Å². The van der Waals surface area contributed by atoms with Crippen LogP contribution in [0, 0.1) is 18.8 Å². The van der Waals surface area contributed by atoms with Crippen LogP contribution in [0.3, 0.4) is 0 Å². The number of aryl methyl sites for hydroxylation is 1. The third-order valence-electron chi connectivity index (χ3n) is 4.67. The first-order valence-corrected chi connectivity index (χ1v) is 8.14. The molecule has 1 heterocycles. The molecule has 1 amide bonds. The summed E-state index contributed by atoms with van der Waals surface area (Å²) in [6.45, 7) is 3.80. The summed E-state index contributed by atoms with van der Waals surface area (Å²) in [6.07, 6.45) is 3.36. The Morgan fingerprint density at radius 1 is 1.25 bits per heavy atom. The number of benzene rings is 1. The van der Waals surface area contributed by atoms with Crippen LogP contribution in [0.25, 0.3) is 0 Å². The predicted molar refractivity (Wildman–Crippen MR) is 83.6 cm³/mol. The Balaban J connectivity index is 1.75. The fourth-order valence-corrected chi connectivity index (χ4v) is 4.28. The SMILES string of the molecule is Cc1cc(Br)cc(C(=O)N2C[C@H]3CCC(N)C[C@H]3C2)c1. The van der Waals surface area contributed by atoms with Crippen LogP contribution in [0.2, 0.25) is 0 Å².